The Morgan fingerprint density at radius 2 is 1.05 bits per heavy atom. The van der Waals surface area contributed by atoms with Gasteiger partial charge in [0.1, 0.15) is 11.6 Å². The summed E-state index contributed by atoms with van der Waals surface area (Å²) in [5, 5.41) is 11.5. The molecule has 0 aliphatic carbocycles. The maximum atomic E-state index is 11.5. The van der Waals surface area contributed by atoms with Crippen LogP contribution >= 0.6 is 0 Å². The Bertz CT molecular complexity index is 3450. The molecule has 2 heterocycles. The standard InChI is InChI=1S/C60H57N3O/c1-58(2,3)46-26-22-40(23-27-46)42-32-33-61-52(37-42)45-35-43(39-16-11-10-12-17-39)34-44(36-45)49-19-15-20-54-56(49)62-57(50-18-13-14-21-55(50)64)63(54)53-31-30-48(60(7,8)9)38-51(53)41-24-28-47(29-25-41)59(4,5)6/h10-38,64H,1-9H3/i1D3,2D3,3D3. The molecule has 9 aromatic rings. The maximum Gasteiger partial charge on any atom is 0.149 e. The molecule has 64 heavy (non-hydrogen) atoms. The molecule has 4 nitrogen and oxygen atoms in total. The number of hydrogen-bond acceptors (Lipinski definition) is 3. The third-order valence-electron chi connectivity index (χ3n) is 12.1. The monoisotopic (exact) mass is 845 g/mol. The van der Waals surface area contributed by atoms with Crippen LogP contribution in [0, 0.1) is 0 Å². The van der Waals surface area contributed by atoms with Crippen molar-refractivity contribution in [2.24, 2.45) is 0 Å². The van der Waals surface area contributed by atoms with Gasteiger partial charge in [-0.2, -0.15) is 0 Å². The molecule has 0 atom stereocenters. The Labute approximate surface area is 391 Å². The van der Waals surface area contributed by atoms with Gasteiger partial charge in [-0.1, -0.05) is 171 Å². The number of phenols is 1. The summed E-state index contributed by atoms with van der Waals surface area (Å²) in [4.78, 5) is 10.3. The number of aromatic hydroxyl groups is 1. The van der Waals surface area contributed by atoms with E-state index in [-0.39, 0.29) is 22.1 Å². The zero-order valence-electron chi connectivity index (χ0n) is 46.0. The van der Waals surface area contributed by atoms with E-state index in [0.29, 0.717) is 28.2 Å². The van der Waals surface area contributed by atoms with Crippen LogP contribution in [0.3, 0.4) is 0 Å². The van der Waals surface area contributed by atoms with Crippen LogP contribution in [0.4, 0.5) is 0 Å². The van der Waals surface area contributed by atoms with E-state index in [2.05, 4.69) is 131 Å². The largest absolute Gasteiger partial charge is 0.507 e. The van der Waals surface area contributed by atoms with Crippen molar-refractivity contribution in [1.82, 2.24) is 14.5 Å². The molecule has 0 spiro atoms. The molecule has 0 bridgehead atoms. The van der Waals surface area contributed by atoms with E-state index in [9.17, 15) is 5.11 Å². The number of pyridine rings is 1. The number of phenolic OH excluding ortho intramolecular Hbond substituents is 1. The first-order valence-corrected chi connectivity index (χ1v) is 21.6. The lowest BCUT2D eigenvalue weighted by Gasteiger charge is -2.23. The van der Waals surface area contributed by atoms with Crippen LogP contribution in [0.2, 0.25) is 0 Å². The lowest BCUT2D eigenvalue weighted by Crippen LogP contribution is -2.12. The Morgan fingerprint density at radius 3 is 1.73 bits per heavy atom. The fraction of sp³-hybridized carbons (Fsp3) is 0.200. The molecule has 1 N–H and O–H groups in total. The van der Waals surface area contributed by atoms with Crippen LogP contribution in [0.1, 0.15) is 91.1 Å². The number of benzene rings is 7. The van der Waals surface area contributed by atoms with Crippen molar-refractivity contribution in [3.05, 3.63) is 193 Å². The highest BCUT2D eigenvalue weighted by Gasteiger charge is 2.25. The lowest BCUT2D eigenvalue weighted by molar-refractivity contribution is 0.477. The lowest BCUT2D eigenvalue weighted by atomic mass is 9.83. The first-order chi connectivity index (χ1) is 34.3. The van der Waals surface area contributed by atoms with E-state index in [1.54, 1.807) is 36.5 Å². The minimum absolute atomic E-state index is 0.0281. The van der Waals surface area contributed by atoms with Gasteiger partial charge in [-0.05, 0) is 127 Å². The van der Waals surface area contributed by atoms with E-state index < -0.39 is 26.0 Å². The highest BCUT2D eigenvalue weighted by atomic mass is 16.3. The van der Waals surface area contributed by atoms with Crippen molar-refractivity contribution in [3.63, 3.8) is 0 Å². The van der Waals surface area contributed by atoms with Crippen molar-refractivity contribution in [2.75, 3.05) is 0 Å². The van der Waals surface area contributed by atoms with Crippen LogP contribution in [0.5, 0.6) is 5.75 Å². The summed E-state index contributed by atoms with van der Waals surface area (Å²) in [5.74, 6) is 0.674. The van der Waals surface area contributed by atoms with Gasteiger partial charge in [0.25, 0.3) is 0 Å². The number of imidazole rings is 1. The van der Waals surface area contributed by atoms with E-state index in [4.69, 9.17) is 22.3 Å². The van der Waals surface area contributed by atoms with Crippen molar-refractivity contribution >= 4 is 11.0 Å². The second-order valence-electron chi connectivity index (χ2n) is 18.7. The topological polar surface area (TPSA) is 50.9 Å². The Morgan fingerprint density at radius 1 is 0.453 bits per heavy atom. The first kappa shape index (κ1) is 32.6. The molecule has 7 aromatic carbocycles. The van der Waals surface area contributed by atoms with E-state index in [1.807, 2.05) is 42.5 Å². The zero-order chi connectivity index (χ0) is 52.5. The van der Waals surface area contributed by atoms with Gasteiger partial charge in [-0.25, -0.2) is 4.98 Å². The van der Waals surface area contributed by atoms with Crippen molar-refractivity contribution in [3.8, 4) is 78.6 Å². The molecule has 0 aliphatic heterocycles. The van der Waals surface area contributed by atoms with Gasteiger partial charge in [0.2, 0.25) is 0 Å². The van der Waals surface area contributed by atoms with Gasteiger partial charge < -0.3 is 5.11 Å². The van der Waals surface area contributed by atoms with Gasteiger partial charge in [-0.3, -0.25) is 9.55 Å². The number of aromatic nitrogens is 3. The van der Waals surface area contributed by atoms with Gasteiger partial charge in [-0.15, -0.1) is 0 Å². The molecule has 0 amide bonds. The highest BCUT2D eigenvalue weighted by molar-refractivity contribution is 5.98. The van der Waals surface area contributed by atoms with Crippen LogP contribution in [-0.2, 0) is 16.2 Å². The first-order valence-electron chi connectivity index (χ1n) is 26.1. The van der Waals surface area contributed by atoms with Gasteiger partial charge in [0.15, 0.2) is 0 Å². The molecule has 4 heteroatoms. The second kappa shape index (κ2) is 16.3. The van der Waals surface area contributed by atoms with Crippen molar-refractivity contribution in [2.45, 2.75) is 78.3 Å². The summed E-state index contributed by atoms with van der Waals surface area (Å²) in [7, 11) is 0. The number of para-hydroxylation sites is 2. The average molecular weight is 845 g/mol. The summed E-state index contributed by atoms with van der Waals surface area (Å²) in [5.41, 5.74) is 10.3. The number of hydrogen-bond donors (Lipinski definition) is 1. The van der Waals surface area contributed by atoms with E-state index in [0.717, 1.165) is 55.7 Å². The highest BCUT2D eigenvalue weighted by Crippen LogP contribution is 2.43. The summed E-state index contributed by atoms with van der Waals surface area (Å²) in [6, 6.07) is 54.6. The van der Waals surface area contributed by atoms with E-state index in [1.165, 1.54) is 23.3 Å². The number of rotatable bonds is 7. The summed E-state index contributed by atoms with van der Waals surface area (Å²) in [6.07, 6.45) is 1.67. The Kier molecular flexibility index (Phi) is 8.28. The summed E-state index contributed by atoms with van der Waals surface area (Å²) in [6.45, 7) is 3.15. The van der Waals surface area contributed by atoms with Crippen LogP contribution < -0.4 is 0 Å². The molecular formula is C60H57N3O. The SMILES string of the molecule is [2H]C([2H])([2H])C(c1ccc(-c2ccnc(-c3cc(-c4ccccc4)cc(-c4cccc5c4nc(-c4ccccc4O)n5-c4ccc(C(C)(C)C)cc4-c4ccc(C(C)(C)C)cc4)c3)c2)cc1)(C([2H])([2H])[2H])C([2H])([2H])[2H]. The molecule has 0 saturated carbocycles. The smallest absolute Gasteiger partial charge is 0.149 e. The van der Waals surface area contributed by atoms with Crippen LogP contribution in [-0.4, -0.2) is 19.6 Å². The van der Waals surface area contributed by atoms with Crippen LogP contribution in [0.15, 0.2) is 176 Å². The number of nitrogens with zero attached hydrogens (tertiary/aromatic N) is 3. The molecule has 0 aliphatic rings. The van der Waals surface area contributed by atoms with Gasteiger partial charge in [0.05, 0.1) is 28.0 Å². The second-order valence-corrected chi connectivity index (χ2v) is 18.7. The van der Waals surface area contributed by atoms with Crippen molar-refractivity contribution in [1.29, 1.82) is 0 Å². The third-order valence-corrected chi connectivity index (χ3v) is 12.1. The quantitative estimate of drug-likeness (QED) is 0.174. The third kappa shape index (κ3) is 8.29. The van der Waals surface area contributed by atoms with Gasteiger partial charge >= 0.3 is 0 Å². The Balaban J connectivity index is 1.23. The fourth-order valence-corrected chi connectivity index (χ4v) is 8.41. The maximum absolute atomic E-state index is 11.5. The minimum atomic E-state index is -3.37. The van der Waals surface area contributed by atoms with Crippen molar-refractivity contribution < 1.29 is 17.4 Å². The molecule has 0 radical (unpaired) electrons. The summed E-state index contributed by atoms with van der Waals surface area (Å²) < 4.78 is 76.0. The molecule has 9 rings (SSSR count). The molecule has 0 fully saturated rings. The van der Waals surface area contributed by atoms with E-state index >= 15 is 0 Å². The normalized spacial score (nSPS) is 14.9. The van der Waals surface area contributed by atoms with Gasteiger partial charge in [0, 0.05) is 35.2 Å². The average Bonchev–Trinajstić information content (AvgIpc) is 3.72. The van der Waals surface area contributed by atoms with Crippen LogP contribution in [0.25, 0.3) is 83.9 Å². The molecule has 2 aromatic heterocycles. The Hall–Kier alpha value is -7.04. The molecular weight excluding hydrogens is 779 g/mol. The zero-order valence-corrected chi connectivity index (χ0v) is 37.0. The fourth-order valence-electron chi connectivity index (χ4n) is 8.41. The molecule has 0 unspecified atom stereocenters. The number of fused-ring (bicyclic) bond motifs is 1. The predicted molar refractivity (Wildman–Crippen MR) is 269 cm³/mol. The minimum Gasteiger partial charge on any atom is -0.507 e. The molecule has 0 saturated heterocycles. The predicted octanol–water partition coefficient (Wildman–Crippen LogP) is 16.0. The summed E-state index contributed by atoms with van der Waals surface area (Å²) >= 11 is 0. The molecule has 318 valence electrons.